The maximum atomic E-state index is 14.1. The van der Waals surface area contributed by atoms with E-state index in [1.54, 1.807) is 43.1 Å². The minimum atomic E-state index is -4.57. The smallest absolute Gasteiger partial charge is 0.416 e. The van der Waals surface area contributed by atoms with Crippen molar-refractivity contribution in [2.45, 2.75) is 19.6 Å². The molecule has 1 saturated heterocycles. The number of carbonyl (C=O) groups is 1. The van der Waals surface area contributed by atoms with Crippen molar-refractivity contribution in [1.29, 1.82) is 0 Å². The molecule has 0 radical (unpaired) electrons. The largest absolute Gasteiger partial charge is 0.472 e. The van der Waals surface area contributed by atoms with Gasteiger partial charge in [0.25, 0.3) is 11.8 Å². The molecule has 1 amide bonds. The van der Waals surface area contributed by atoms with Crippen molar-refractivity contribution in [2.24, 2.45) is 7.05 Å². The zero-order valence-electron chi connectivity index (χ0n) is 24.4. The number of furan rings is 1. The number of hydrogen-bond donors (Lipinski definition) is 1. The molecule has 1 aliphatic heterocycles. The number of alkyl halides is 3. The normalized spacial score (nSPS) is 14.7. The summed E-state index contributed by atoms with van der Waals surface area (Å²) in [5, 5.41) is 2.63. The van der Waals surface area contributed by atoms with E-state index in [0.717, 1.165) is 19.2 Å². The van der Waals surface area contributed by atoms with Crippen LogP contribution in [0.5, 0.6) is 11.6 Å². The van der Waals surface area contributed by atoms with E-state index in [2.05, 4.69) is 25.2 Å². The second-order valence-electron chi connectivity index (χ2n) is 10.9. The summed E-state index contributed by atoms with van der Waals surface area (Å²) < 4.78 is 55.2. The average Bonchev–Trinajstić information content (AvgIpc) is 3.66. The highest BCUT2D eigenvalue weighted by atomic mass is 19.4. The molecule has 1 N–H and O–H groups in total. The Morgan fingerprint density at radius 3 is 2.57 bits per heavy atom. The van der Waals surface area contributed by atoms with Gasteiger partial charge in [-0.05, 0) is 55.4 Å². The molecule has 0 spiro atoms. The zero-order chi connectivity index (χ0) is 31.0. The van der Waals surface area contributed by atoms with E-state index in [4.69, 9.17) is 9.15 Å². The standard InChI is InChI=1S/C31H30F3N7O3/c1-19-4-7-23(44-30-26-28(40(3)18-35-26)37-27(38-30)21-8-13-43-17-21)15-24(19)29(42)36-22-6-5-20(25(14-22)31(32,33)34)16-41-11-9-39(2)10-12-41/h4-8,13-15,17-18H,9-12,16H2,1-3H3,(H,36,42). The summed E-state index contributed by atoms with van der Waals surface area (Å²) in [5.41, 5.74) is 1.91. The average molecular weight is 606 g/mol. The third-order valence-corrected chi connectivity index (χ3v) is 7.64. The maximum absolute atomic E-state index is 14.1. The van der Waals surface area contributed by atoms with Crippen molar-refractivity contribution in [3.05, 3.63) is 83.6 Å². The summed E-state index contributed by atoms with van der Waals surface area (Å²) >= 11 is 0. The van der Waals surface area contributed by atoms with Gasteiger partial charge in [-0.25, -0.2) is 9.97 Å². The van der Waals surface area contributed by atoms with Gasteiger partial charge in [-0.1, -0.05) is 12.1 Å². The summed E-state index contributed by atoms with van der Waals surface area (Å²) in [7, 11) is 3.79. The number of rotatable bonds is 7. The third-order valence-electron chi connectivity index (χ3n) is 7.64. The summed E-state index contributed by atoms with van der Waals surface area (Å²) in [5.74, 6) is 0.264. The van der Waals surface area contributed by atoms with Crippen LogP contribution in [0, 0.1) is 6.92 Å². The second kappa shape index (κ2) is 11.7. The first kappa shape index (κ1) is 29.3. The molecule has 4 heterocycles. The van der Waals surface area contributed by atoms with Crippen molar-refractivity contribution in [3.63, 3.8) is 0 Å². The highest BCUT2D eigenvalue weighted by molar-refractivity contribution is 6.05. The van der Waals surface area contributed by atoms with Crippen LogP contribution in [0.4, 0.5) is 18.9 Å². The highest BCUT2D eigenvalue weighted by Gasteiger charge is 2.34. The number of imidazole rings is 1. The van der Waals surface area contributed by atoms with Crippen molar-refractivity contribution < 1.29 is 27.1 Å². The molecule has 2 aromatic carbocycles. The number of carbonyl (C=O) groups excluding carboxylic acids is 1. The van der Waals surface area contributed by atoms with E-state index in [1.807, 2.05) is 11.9 Å². The molecule has 0 unspecified atom stereocenters. The van der Waals surface area contributed by atoms with Gasteiger partial charge in [0.05, 0.1) is 23.7 Å². The van der Waals surface area contributed by atoms with Crippen molar-refractivity contribution in [2.75, 3.05) is 38.5 Å². The molecule has 0 atom stereocenters. The molecule has 1 aliphatic rings. The number of fused-ring (bicyclic) bond motifs is 1. The van der Waals surface area contributed by atoms with E-state index in [9.17, 15) is 18.0 Å². The SMILES string of the molecule is Cc1ccc(Oc2nc(-c3ccoc3)nc3c2ncn3C)cc1C(=O)Nc1ccc(CN2CCN(C)CC2)c(C(F)(F)F)c1. The van der Waals surface area contributed by atoms with Crippen LogP contribution in [0.1, 0.15) is 27.0 Å². The zero-order valence-corrected chi connectivity index (χ0v) is 24.4. The van der Waals surface area contributed by atoms with Crippen molar-refractivity contribution >= 4 is 22.8 Å². The van der Waals surface area contributed by atoms with E-state index in [-0.39, 0.29) is 29.2 Å². The number of halogens is 3. The summed E-state index contributed by atoms with van der Waals surface area (Å²) in [6.07, 6.45) is 0.0377. The molecule has 3 aromatic heterocycles. The fourth-order valence-corrected chi connectivity index (χ4v) is 5.10. The van der Waals surface area contributed by atoms with Crippen LogP contribution in [0.2, 0.25) is 0 Å². The number of nitrogens with one attached hydrogen (secondary N) is 1. The van der Waals surface area contributed by atoms with Gasteiger partial charge in [-0.2, -0.15) is 18.2 Å². The highest BCUT2D eigenvalue weighted by Crippen LogP contribution is 2.35. The lowest BCUT2D eigenvalue weighted by atomic mass is 10.0. The second-order valence-corrected chi connectivity index (χ2v) is 10.9. The van der Waals surface area contributed by atoms with Gasteiger partial charge in [0, 0.05) is 51.0 Å². The number of amides is 1. The third kappa shape index (κ3) is 6.15. The number of aryl methyl sites for hydroxylation is 2. The molecule has 44 heavy (non-hydrogen) atoms. The van der Waals surface area contributed by atoms with Crippen LogP contribution in [-0.4, -0.2) is 68.5 Å². The number of benzene rings is 2. The Kier molecular flexibility index (Phi) is 7.82. The Bertz CT molecular complexity index is 1810. The number of ether oxygens (including phenoxy) is 1. The van der Waals surface area contributed by atoms with Crippen LogP contribution in [-0.2, 0) is 19.8 Å². The molecule has 0 saturated carbocycles. The lowest BCUT2D eigenvalue weighted by Gasteiger charge is -2.33. The number of nitrogens with zero attached hydrogens (tertiary/aromatic N) is 6. The minimum absolute atomic E-state index is 0.0472. The van der Waals surface area contributed by atoms with E-state index < -0.39 is 17.6 Å². The van der Waals surface area contributed by atoms with Crippen LogP contribution < -0.4 is 10.1 Å². The van der Waals surface area contributed by atoms with Crippen LogP contribution in [0.15, 0.2) is 65.7 Å². The van der Waals surface area contributed by atoms with Gasteiger partial charge in [-0.15, -0.1) is 0 Å². The number of likely N-dealkylation sites (N-methyl/N-ethyl adjacent to an activating group) is 1. The summed E-state index contributed by atoms with van der Waals surface area (Å²) in [6.45, 7) is 4.90. The fraction of sp³-hybridized carbons (Fsp3) is 0.290. The minimum Gasteiger partial charge on any atom is -0.472 e. The van der Waals surface area contributed by atoms with Crippen LogP contribution in [0.25, 0.3) is 22.6 Å². The predicted molar refractivity (Wildman–Crippen MR) is 157 cm³/mol. The van der Waals surface area contributed by atoms with Gasteiger partial charge >= 0.3 is 6.18 Å². The number of piperazine rings is 1. The molecule has 0 aliphatic carbocycles. The van der Waals surface area contributed by atoms with E-state index >= 15 is 0 Å². The molecule has 10 nitrogen and oxygen atoms in total. The first-order valence-corrected chi connectivity index (χ1v) is 14.0. The number of hydrogen-bond acceptors (Lipinski definition) is 8. The molecule has 0 bridgehead atoms. The Balaban J connectivity index is 1.25. The molecule has 1 fully saturated rings. The van der Waals surface area contributed by atoms with E-state index in [1.165, 1.54) is 30.7 Å². The van der Waals surface area contributed by atoms with Gasteiger partial charge in [0.15, 0.2) is 17.0 Å². The fourth-order valence-electron chi connectivity index (χ4n) is 5.10. The monoisotopic (exact) mass is 605 g/mol. The van der Waals surface area contributed by atoms with Crippen LogP contribution in [0.3, 0.4) is 0 Å². The first-order chi connectivity index (χ1) is 21.0. The topological polar surface area (TPSA) is 102 Å². The lowest BCUT2D eigenvalue weighted by molar-refractivity contribution is -0.138. The van der Waals surface area contributed by atoms with Gasteiger partial charge in [0.1, 0.15) is 12.0 Å². The predicted octanol–water partition coefficient (Wildman–Crippen LogP) is 5.74. The summed E-state index contributed by atoms with van der Waals surface area (Å²) in [6, 6.07) is 10.5. The molecule has 6 rings (SSSR count). The molecule has 228 valence electrons. The van der Waals surface area contributed by atoms with Crippen molar-refractivity contribution in [1.82, 2.24) is 29.3 Å². The lowest BCUT2D eigenvalue weighted by Crippen LogP contribution is -2.44. The Labute approximate surface area is 251 Å². The van der Waals surface area contributed by atoms with Gasteiger partial charge in [-0.3, -0.25) is 9.69 Å². The van der Waals surface area contributed by atoms with E-state index in [0.29, 0.717) is 47.0 Å². The van der Waals surface area contributed by atoms with Crippen molar-refractivity contribution in [3.8, 4) is 23.0 Å². The number of aromatic nitrogens is 4. The Morgan fingerprint density at radius 2 is 1.84 bits per heavy atom. The molecular weight excluding hydrogens is 575 g/mol. The number of anilines is 1. The van der Waals surface area contributed by atoms with Crippen LogP contribution >= 0.6 is 0 Å². The maximum Gasteiger partial charge on any atom is 0.416 e. The van der Waals surface area contributed by atoms with Gasteiger partial charge < -0.3 is 23.9 Å². The first-order valence-electron chi connectivity index (χ1n) is 14.0. The molecular formula is C31H30F3N7O3. The quantitative estimate of drug-likeness (QED) is 0.251. The Hall–Kier alpha value is -4.75. The van der Waals surface area contributed by atoms with Gasteiger partial charge in [0.2, 0.25) is 0 Å². The summed E-state index contributed by atoms with van der Waals surface area (Å²) in [4.78, 5) is 30.9. The molecule has 5 aromatic rings. The molecule has 13 heteroatoms. The Morgan fingerprint density at radius 1 is 1.05 bits per heavy atom.